The number of nitrogens with one attached hydrogen (secondary N) is 2. The number of rotatable bonds is 4. The summed E-state index contributed by atoms with van der Waals surface area (Å²) in [5.41, 5.74) is 0. The van der Waals surface area contributed by atoms with Crippen molar-refractivity contribution in [3.05, 3.63) is 24.4 Å². The predicted molar refractivity (Wildman–Crippen MR) is 108 cm³/mol. The summed E-state index contributed by atoms with van der Waals surface area (Å²) in [6.45, 7) is 2.40. The Kier molecular flexibility index (Phi) is 5.98. The van der Waals surface area contributed by atoms with Crippen molar-refractivity contribution < 1.29 is 9.59 Å². The number of hydrogen-bond acceptors (Lipinski definition) is 4. The van der Waals surface area contributed by atoms with Gasteiger partial charge < -0.3 is 20.4 Å². The summed E-state index contributed by atoms with van der Waals surface area (Å²) in [6, 6.07) is 6.71. The normalized spacial score (nSPS) is 28.3. The van der Waals surface area contributed by atoms with Crippen LogP contribution in [-0.2, 0) is 4.79 Å². The zero-order valence-electron chi connectivity index (χ0n) is 16.5. The average Bonchev–Trinajstić information content (AvgIpc) is 3.19. The van der Waals surface area contributed by atoms with Crippen LogP contribution >= 0.6 is 0 Å². The Morgan fingerprint density at radius 1 is 1.04 bits per heavy atom. The second-order valence-electron chi connectivity index (χ2n) is 8.29. The topological polar surface area (TPSA) is 77.6 Å². The van der Waals surface area contributed by atoms with Crippen molar-refractivity contribution in [2.75, 3.05) is 25.0 Å². The summed E-state index contributed by atoms with van der Waals surface area (Å²) in [6.07, 6.45) is 9.51. The molecule has 28 heavy (non-hydrogen) atoms. The van der Waals surface area contributed by atoms with E-state index in [-0.39, 0.29) is 18.1 Å². The molecule has 2 aliphatic heterocycles. The molecule has 0 aromatic carbocycles. The van der Waals surface area contributed by atoms with Crippen molar-refractivity contribution in [1.82, 2.24) is 20.1 Å². The van der Waals surface area contributed by atoms with Crippen LogP contribution in [0.1, 0.15) is 51.4 Å². The van der Waals surface area contributed by atoms with Gasteiger partial charge in [0.1, 0.15) is 5.82 Å². The van der Waals surface area contributed by atoms with Gasteiger partial charge in [-0.3, -0.25) is 4.79 Å². The first kappa shape index (κ1) is 19.0. The highest BCUT2D eigenvalue weighted by molar-refractivity contribution is 5.77. The summed E-state index contributed by atoms with van der Waals surface area (Å²) >= 11 is 0. The molecule has 1 atom stereocenters. The fourth-order valence-electron chi connectivity index (χ4n) is 4.73. The van der Waals surface area contributed by atoms with Crippen molar-refractivity contribution in [2.24, 2.45) is 0 Å². The first-order chi connectivity index (χ1) is 13.7. The third kappa shape index (κ3) is 4.56. The minimum atomic E-state index is 0.0443. The molecular weight excluding hydrogens is 354 g/mol. The van der Waals surface area contributed by atoms with Gasteiger partial charge >= 0.3 is 6.03 Å². The highest BCUT2D eigenvalue weighted by atomic mass is 16.2. The van der Waals surface area contributed by atoms with Gasteiger partial charge in [-0.2, -0.15) is 0 Å². The number of likely N-dealkylation sites (tertiary alicyclic amines) is 2. The van der Waals surface area contributed by atoms with Crippen molar-refractivity contribution >= 4 is 17.8 Å². The van der Waals surface area contributed by atoms with E-state index in [4.69, 9.17) is 0 Å². The molecule has 3 aliphatic rings. The molecule has 7 heteroatoms. The van der Waals surface area contributed by atoms with E-state index in [9.17, 15) is 9.59 Å². The molecule has 3 amide bonds. The molecule has 3 fully saturated rings. The van der Waals surface area contributed by atoms with Crippen molar-refractivity contribution in [2.45, 2.75) is 69.5 Å². The number of carbonyl (C=O) groups excluding carboxylic acids is 2. The Labute approximate surface area is 166 Å². The summed E-state index contributed by atoms with van der Waals surface area (Å²) < 4.78 is 0. The van der Waals surface area contributed by atoms with Gasteiger partial charge in [-0.05, 0) is 57.1 Å². The number of anilines is 1. The van der Waals surface area contributed by atoms with E-state index in [0.717, 1.165) is 63.9 Å². The second-order valence-corrected chi connectivity index (χ2v) is 8.29. The fraction of sp³-hybridized carbons (Fsp3) is 0.667. The summed E-state index contributed by atoms with van der Waals surface area (Å²) in [5, 5.41) is 6.63. The molecule has 152 valence electrons. The lowest BCUT2D eigenvalue weighted by Crippen LogP contribution is -2.49. The smallest absolute Gasteiger partial charge is 0.317 e. The third-order valence-corrected chi connectivity index (χ3v) is 6.32. The molecule has 2 N–H and O–H groups in total. The molecule has 0 radical (unpaired) electrons. The molecule has 7 nitrogen and oxygen atoms in total. The molecule has 1 saturated carbocycles. The third-order valence-electron chi connectivity index (χ3n) is 6.32. The Morgan fingerprint density at radius 2 is 1.89 bits per heavy atom. The lowest BCUT2D eigenvalue weighted by atomic mass is 9.89. The largest absolute Gasteiger partial charge is 0.365 e. The Balaban J connectivity index is 1.20. The van der Waals surface area contributed by atoms with E-state index in [2.05, 4.69) is 20.5 Å². The maximum atomic E-state index is 12.7. The molecule has 3 heterocycles. The van der Waals surface area contributed by atoms with Crippen LogP contribution in [0.2, 0.25) is 0 Å². The summed E-state index contributed by atoms with van der Waals surface area (Å²) in [4.78, 5) is 33.1. The van der Waals surface area contributed by atoms with Crippen LogP contribution in [0, 0.1) is 0 Å². The van der Waals surface area contributed by atoms with Crippen LogP contribution < -0.4 is 10.6 Å². The summed E-state index contributed by atoms with van der Waals surface area (Å²) in [5.74, 6) is 1.18. The first-order valence-electron chi connectivity index (χ1n) is 10.7. The number of aromatic nitrogens is 1. The van der Waals surface area contributed by atoms with Crippen LogP contribution in [-0.4, -0.2) is 64.5 Å². The van der Waals surface area contributed by atoms with Gasteiger partial charge in [0, 0.05) is 50.4 Å². The van der Waals surface area contributed by atoms with Gasteiger partial charge in [-0.1, -0.05) is 6.07 Å². The molecule has 2 saturated heterocycles. The monoisotopic (exact) mass is 385 g/mol. The first-order valence-corrected chi connectivity index (χ1v) is 10.7. The number of carbonyl (C=O) groups is 2. The number of pyridine rings is 1. The molecule has 1 aliphatic carbocycles. The molecular formula is C21H31N5O2. The van der Waals surface area contributed by atoms with Gasteiger partial charge in [-0.25, -0.2) is 9.78 Å². The quantitative estimate of drug-likeness (QED) is 0.835. The standard InChI is InChI=1S/C21H31N5O2/c27-20-6-2-4-13-26(20)18-9-7-16(8-10-18)24-21(28)25-14-11-17(15-25)23-19-5-1-3-12-22-19/h1,3,5,12,16-18H,2,4,6-11,13-15H2,(H,22,23)(H,24,28). The van der Waals surface area contributed by atoms with Gasteiger partial charge in [-0.15, -0.1) is 0 Å². The van der Waals surface area contributed by atoms with E-state index in [1.807, 2.05) is 23.1 Å². The number of urea groups is 1. The molecule has 1 unspecified atom stereocenters. The van der Waals surface area contributed by atoms with Crippen LogP contribution in [0.5, 0.6) is 0 Å². The summed E-state index contributed by atoms with van der Waals surface area (Å²) in [7, 11) is 0. The molecule has 0 spiro atoms. The van der Waals surface area contributed by atoms with Gasteiger partial charge in [0.05, 0.1) is 0 Å². The predicted octanol–water partition coefficient (Wildman–Crippen LogP) is 2.60. The van der Waals surface area contributed by atoms with Gasteiger partial charge in [0.2, 0.25) is 5.91 Å². The van der Waals surface area contributed by atoms with E-state index < -0.39 is 0 Å². The zero-order valence-corrected chi connectivity index (χ0v) is 16.5. The zero-order chi connectivity index (χ0) is 19.3. The Hall–Kier alpha value is -2.31. The number of nitrogens with zero attached hydrogens (tertiary/aromatic N) is 3. The van der Waals surface area contributed by atoms with E-state index in [1.54, 1.807) is 6.20 Å². The average molecular weight is 386 g/mol. The van der Waals surface area contributed by atoms with Crippen LogP contribution in [0.25, 0.3) is 0 Å². The van der Waals surface area contributed by atoms with Crippen LogP contribution in [0.4, 0.5) is 10.6 Å². The highest BCUT2D eigenvalue weighted by Crippen LogP contribution is 2.26. The van der Waals surface area contributed by atoms with Crippen LogP contribution in [0.15, 0.2) is 24.4 Å². The minimum Gasteiger partial charge on any atom is -0.365 e. The molecule has 4 rings (SSSR count). The van der Waals surface area contributed by atoms with Crippen molar-refractivity contribution in [1.29, 1.82) is 0 Å². The van der Waals surface area contributed by atoms with E-state index in [0.29, 0.717) is 24.9 Å². The molecule has 1 aromatic heterocycles. The van der Waals surface area contributed by atoms with Gasteiger partial charge in [0.25, 0.3) is 0 Å². The minimum absolute atomic E-state index is 0.0443. The lowest BCUT2D eigenvalue weighted by Gasteiger charge is -2.39. The maximum Gasteiger partial charge on any atom is 0.317 e. The second kappa shape index (κ2) is 8.80. The molecule has 1 aromatic rings. The number of piperidine rings is 1. The SMILES string of the molecule is O=C(NC1CCC(N2CCCCC2=O)CC1)N1CCC(Nc2ccccn2)C1. The van der Waals surface area contributed by atoms with Gasteiger partial charge in [0.15, 0.2) is 0 Å². The van der Waals surface area contributed by atoms with Crippen molar-refractivity contribution in [3.63, 3.8) is 0 Å². The Morgan fingerprint density at radius 3 is 2.64 bits per heavy atom. The van der Waals surface area contributed by atoms with Crippen LogP contribution in [0.3, 0.4) is 0 Å². The number of amides is 3. The fourth-order valence-corrected chi connectivity index (χ4v) is 4.73. The van der Waals surface area contributed by atoms with E-state index in [1.165, 1.54) is 0 Å². The van der Waals surface area contributed by atoms with E-state index >= 15 is 0 Å². The van der Waals surface area contributed by atoms with Crippen molar-refractivity contribution in [3.8, 4) is 0 Å². The lowest BCUT2D eigenvalue weighted by molar-refractivity contribution is -0.136. The molecule has 0 bridgehead atoms. The Bertz CT molecular complexity index is 675. The number of hydrogen-bond donors (Lipinski definition) is 2. The highest BCUT2D eigenvalue weighted by Gasteiger charge is 2.32. The maximum absolute atomic E-state index is 12.7.